The van der Waals surface area contributed by atoms with E-state index >= 15 is 0 Å². The summed E-state index contributed by atoms with van der Waals surface area (Å²) >= 11 is 6.14. The molecular formula is C32H33ClN2O7S2. The van der Waals surface area contributed by atoms with Crippen molar-refractivity contribution in [3.63, 3.8) is 0 Å². The zero-order valence-corrected chi connectivity index (χ0v) is 26.8. The molecular weight excluding hydrogens is 624 g/mol. The van der Waals surface area contributed by atoms with Gasteiger partial charge in [0.15, 0.2) is 12.1 Å². The average Bonchev–Trinajstić information content (AvgIpc) is 3.00. The molecule has 2 amide bonds. The maximum atomic E-state index is 14.0. The van der Waals surface area contributed by atoms with Crippen molar-refractivity contribution in [1.82, 2.24) is 10.2 Å². The molecule has 4 rings (SSSR count). The van der Waals surface area contributed by atoms with Crippen molar-refractivity contribution in [3.05, 3.63) is 114 Å². The number of alkyl carbamates (subject to hydrolysis) is 1. The van der Waals surface area contributed by atoms with Crippen molar-refractivity contribution in [2.75, 3.05) is 5.88 Å². The molecule has 0 saturated carbocycles. The third-order valence-corrected chi connectivity index (χ3v) is 10.6. The van der Waals surface area contributed by atoms with Crippen molar-refractivity contribution >= 4 is 49.2 Å². The molecule has 1 heterocycles. The lowest BCUT2D eigenvalue weighted by Gasteiger charge is -2.49. The second-order valence-electron chi connectivity index (χ2n) is 11.0. The first-order valence-corrected chi connectivity index (χ1v) is 17.1. The highest BCUT2D eigenvalue weighted by Crippen LogP contribution is 2.40. The number of alkyl halides is 1. The fraction of sp³-hybridized carbons (Fsp3) is 0.281. The van der Waals surface area contributed by atoms with Gasteiger partial charge in [-0.05, 0) is 49.6 Å². The molecule has 3 aromatic carbocycles. The Morgan fingerprint density at radius 1 is 0.955 bits per heavy atom. The van der Waals surface area contributed by atoms with Crippen LogP contribution in [0.5, 0.6) is 0 Å². The second-order valence-corrected chi connectivity index (χ2v) is 15.2. The number of ether oxygens (including phenoxy) is 2. The molecule has 3 unspecified atom stereocenters. The van der Waals surface area contributed by atoms with Crippen LogP contribution in [0.1, 0.15) is 38.0 Å². The first-order valence-electron chi connectivity index (χ1n) is 13.7. The van der Waals surface area contributed by atoms with E-state index in [1.54, 1.807) is 87.5 Å². The Hall–Kier alpha value is -3.80. The molecule has 1 saturated heterocycles. The second kappa shape index (κ2) is 13.9. The summed E-state index contributed by atoms with van der Waals surface area (Å²) in [6.45, 7) is 8.87. The maximum Gasteiger partial charge on any atom is 0.408 e. The predicted molar refractivity (Wildman–Crippen MR) is 169 cm³/mol. The number of amides is 2. The lowest BCUT2D eigenvalue weighted by atomic mass is 9.98. The minimum atomic E-state index is -4.07. The molecule has 232 valence electrons. The fourth-order valence-electron chi connectivity index (χ4n) is 4.52. The molecule has 1 aliphatic heterocycles. The molecule has 0 aromatic heterocycles. The van der Waals surface area contributed by atoms with E-state index in [1.165, 1.54) is 12.1 Å². The predicted octanol–water partition coefficient (Wildman–Crippen LogP) is 5.67. The lowest BCUT2D eigenvalue weighted by molar-refractivity contribution is -0.164. The molecule has 1 fully saturated rings. The van der Waals surface area contributed by atoms with Gasteiger partial charge in [-0.25, -0.2) is 18.0 Å². The Morgan fingerprint density at radius 3 is 1.93 bits per heavy atom. The number of carbonyl (C=O) groups is 3. The quantitative estimate of drug-likeness (QED) is 0.0923. The lowest BCUT2D eigenvalue weighted by Crippen LogP contribution is -2.73. The Morgan fingerprint density at radius 2 is 1.45 bits per heavy atom. The van der Waals surface area contributed by atoms with Crippen LogP contribution in [0.25, 0.3) is 0 Å². The van der Waals surface area contributed by atoms with Crippen LogP contribution in [0, 0.1) is 0 Å². The van der Waals surface area contributed by atoms with Crippen LogP contribution in [0.4, 0.5) is 4.79 Å². The van der Waals surface area contributed by atoms with Crippen LogP contribution in [0.15, 0.2) is 108 Å². The molecule has 1 aliphatic rings. The van der Waals surface area contributed by atoms with Crippen molar-refractivity contribution in [1.29, 1.82) is 0 Å². The smallest absolute Gasteiger partial charge is 0.408 e. The van der Waals surface area contributed by atoms with Crippen molar-refractivity contribution in [3.8, 4) is 0 Å². The van der Waals surface area contributed by atoms with Gasteiger partial charge in [0.25, 0.3) is 0 Å². The molecule has 1 N–H and O–H groups in total. The number of likely N-dealkylation sites (tertiary alicyclic amines) is 1. The fourth-order valence-corrected chi connectivity index (χ4v) is 8.20. The monoisotopic (exact) mass is 656 g/mol. The summed E-state index contributed by atoms with van der Waals surface area (Å²) in [6, 6.07) is 22.9. The van der Waals surface area contributed by atoms with Gasteiger partial charge >= 0.3 is 12.1 Å². The summed E-state index contributed by atoms with van der Waals surface area (Å²) in [4.78, 5) is 41.3. The topological polar surface area (TPSA) is 119 Å². The Balaban J connectivity index is 1.70. The van der Waals surface area contributed by atoms with Crippen LogP contribution >= 0.6 is 22.4 Å². The zero-order chi connectivity index (χ0) is 32.1. The molecule has 0 spiro atoms. The highest BCUT2D eigenvalue weighted by molar-refractivity contribution is 8.72. The molecule has 0 radical (unpaired) electrons. The minimum absolute atomic E-state index is 0.0103. The number of nitrogens with zero attached hydrogens (tertiary/aromatic N) is 1. The number of benzene rings is 3. The van der Waals surface area contributed by atoms with Crippen molar-refractivity contribution < 1.29 is 32.3 Å². The molecule has 0 bridgehead atoms. The van der Waals surface area contributed by atoms with Gasteiger partial charge in [-0.3, -0.25) is 4.79 Å². The SMILES string of the molecule is C=C(CCl)C(C(=O)OC(c1ccccc1)c1ccccc1)N1C(=O)C(NC(=O)OC(C)(C)C)C1SS(=O)(=O)c1ccccc1. The summed E-state index contributed by atoms with van der Waals surface area (Å²) in [5.41, 5.74) is 0.597. The van der Waals surface area contributed by atoms with Crippen LogP contribution in [0.3, 0.4) is 0 Å². The van der Waals surface area contributed by atoms with Gasteiger partial charge in [0, 0.05) is 16.7 Å². The summed E-state index contributed by atoms with van der Waals surface area (Å²) in [5.74, 6) is -1.81. The van der Waals surface area contributed by atoms with E-state index in [0.717, 1.165) is 4.90 Å². The van der Waals surface area contributed by atoms with Gasteiger partial charge in [0.2, 0.25) is 14.8 Å². The van der Waals surface area contributed by atoms with Crippen LogP contribution in [-0.4, -0.2) is 60.2 Å². The number of nitrogens with one attached hydrogen (secondary N) is 1. The first kappa shape index (κ1) is 33.1. The van der Waals surface area contributed by atoms with E-state index in [0.29, 0.717) is 21.9 Å². The van der Waals surface area contributed by atoms with Gasteiger partial charge in [-0.1, -0.05) is 85.4 Å². The molecule has 44 heavy (non-hydrogen) atoms. The number of hydrogen-bond donors (Lipinski definition) is 1. The number of carbonyl (C=O) groups excluding carboxylic acids is 3. The number of halogens is 1. The highest BCUT2D eigenvalue weighted by Gasteiger charge is 2.56. The molecule has 9 nitrogen and oxygen atoms in total. The normalized spacial score (nSPS) is 17.4. The number of esters is 1. The number of hydrogen-bond acceptors (Lipinski definition) is 8. The van der Waals surface area contributed by atoms with E-state index in [-0.39, 0.29) is 16.3 Å². The van der Waals surface area contributed by atoms with E-state index in [9.17, 15) is 22.8 Å². The highest BCUT2D eigenvalue weighted by atomic mass is 35.5. The average molecular weight is 657 g/mol. The molecule has 0 aliphatic carbocycles. The maximum absolute atomic E-state index is 14.0. The van der Waals surface area contributed by atoms with Gasteiger partial charge in [-0.15, -0.1) is 11.6 Å². The summed E-state index contributed by atoms with van der Waals surface area (Å²) in [5, 5.41) is 1.22. The van der Waals surface area contributed by atoms with Crippen LogP contribution in [-0.2, 0) is 27.9 Å². The largest absolute Gasteiger partial charge is 0.451 e. The first-order chi connectivity index (χ1) is 20.8. The Bertz CT molecular complexity index is 1560. The van der Waals surface area contributed by atoms with Crippen molar-refractivity contribution in [2.45, 2.75) is 54.8 Å². The Kier molecular flexibility index (Phi) is 10.4. The Labute approximate surface area is 265 Å². The van der Waals surface area contributed by atoms with E-state index in [1.807, 2.05) is 12.1 Å². The van der Waals surface area contributed by atoms with Crippen molar-refractivity contribution in [2.24, 2.45) is 0 Å². The molecule has 3 aromatic rings. The molecule has 3 atom stereocenters. The van der Waals surface area contributed by atoms with E-state index < -0.39 is 56.0 Å². The van der Waals surface area contributed by atoms with Crippen LogP contribution < -0.4 is 5.32 Å². The summed E-state index contributed by atoms with van der Waals surface area (Å²) in [7, 11) is -3.64. The van der Waals surface area contributed by atoms with Gasteiger partial charge in [0.05, 0.1) is 4.90 Å². The van der Waals surface area contributed by atoms with Gasteiger partial charge in [-0.2, -0.15) is 0 Å². The number of β-lactam (4-membered cyclic amide) rings is 1. The van der Waals surface area contributed by atoms with E-state index in [4.69, 9.17) is 21.1 Å². The summed E-state index contributed by atoms with van der Waals surface area (Å²) in [6.07, 6.45) is -1.76. The standard InChI is InChI=1S/C32H33ClN2O7S2/c1-21(20-33)26(30(37)41-27(22-14-8-5-9-15-22)23-16-10-6-11-17-23)35-28(36)25(34-31(38)42-32(2,3)4)29(35)43-44(39,40)24-18-12-7-13-19-24/h5-19,25-27,29H,1,20H2,2-4H3,(H,34,38). The van der Waals surface area contributed by atoms with E-state index in [2.05, 4.69) is 11.9 Å². The third-order valence-electron chi connectivity index (χ3n) is 6.51. The van der Waals surface area contributed by atoms with Gasteiger partial charge in [0.1, 0.15) is 17.0 Å². The zero-order valence-electron chi connectivity index (χ0n) is 24.4. The minimum Gasteiger partial charge on any atom is -0.451 e. The summed E-state index contributed by atoms with van der Waals surface area (Å²) < 4.78 is 38.2. The molecule has 12 heteroatoms. The third kappa shape index (κ3) is 7.82. The van der Waals surface area contributed by atoms with Crippen LogP contribution in [0.2, 0.25) is 0 Å². The number of rotatable bonds is 11. The van der Waals surface area contributed by atoms with Gasteiger partial charge < -0.3 is 19.7 Å².